The summed E-state index contributed by atoms with van der Waals surface area (Å²) >= 11 is 0. The highest BCUT2D eigenvalue weighted by Gasteiger charge is 2.30. The highest BCUT2D eigenvalue weighted by molar-refractivity contribution is 5.67. The smallest absolute Gasteiger partial charge is 0.494 e. The Hall–Kier alpha value is -2.70. The number of hydrogen-bond acceptors (Lipinski definition) is 4. The second-order valence-corrected chi connectivity index (χ2v) is 5.15. The molecule has 0 aromatic heterocycles. The zero-order valence-corrected chi connectivity index (χ0v) is 13.5. The second kappa shape index (κ2) is 8.41. The molecule has 7 heteroatoms. The Bertz CT molecular complexity index is 679. The number of halogens is 3. The van der Waals surface area contributed by atoms with Crippen LogP contribution in [0.4, 0.5) is 18.0 Å². The molecule has 134 valence electrons. The molecule has 0 unspecified atom stereocenters. The Morgan fingerprint density at radius 1 is 0.880 bits per heavy atom. The van der Waals surface area contributed by atoms with Gasteiger partial charge in [-0.3, -0.25) is 0 Å². The van der Waals surface area contributed by atoms with Crippen LogP contribution < -0.4 is 14.2 Å². The first-order chi connectivity index (χ1) is 11.9. The monoisotopic (exact) mass is 354 g/mol. The molecule has 0 aliphatic carbocycles. The van der Waals surface area contributed by atoms with Crippen LogP contribution in [0.1, 0.15) is 25.3 Å². The van der Waals surface area contributed by atoms with Gasteiger partial charge in [0.25, 0.3) is 0 Å². The van der Waals surface area contributed by atoms with Crippen LogP contribution >= 0.6 is 0 Å². The summed E-state index contributed by atoms with van der Waals surface area (Å²) in [6.07, 6.45) is -3.52. The van der Waals surface area contributed by atoms with Gasteiger partial charge in [-0.2, -0.15) is 13.2 Å². The second-order valence-electron chi connectivity index (χ2n) is 5.15. The van der Waals surface area contributed by atoms with Crippen molar-refractivity contribution < 1.29 is 32.2 Å². The summed E-state index contributed by atoms with van der Waals surface area (Å²) in [6.45, 7) is 2.66. The molecule has 0 N–H and O–H groups in total. The zero-order chi connectivity index (χ0) is 18.3. The van der Waals surface area contributed by atoms with E-state index in [1.807, 2.05) is 0 Å². The summed E-state index contributed by atoms with van der Waals surface area (Å²) in [7, 11) is 0. The third-order valence-electron chi connectivity index (χ3n) is 3.17. The number of ether oxygens (including phenoxy) is 3. The van der Waals surface area contributed by atoms with Gasteiger partial charge in [-0.1, -0.05) is 13.3 Å². The lowest BCUT2D eigenvalue weighted by molar-refractivity contribution is -0.137. The lowest BCUT2D eigenvalue weighted by Crippen LogP contribution is -2.14. The SMILES string of the molecule is CCCCOc1ccc(OC(=O)Oc2ccc(C(F)(F)F)cc2)cc1. The van der Waals surface area contributed by atoms with E-state index in [4.69, 9.17) is 14.2 Å². The highest BCUT2D eigenvalue weighted by atomic mass is 19.4. The van der Waals surface area contributed by atoms with E-state index in [0.29, 0.717) is 12.4 Å². The molecular weight excluding hydrogens is 337 g/mol. The number of benzene rings is 2. The summed E-state index contributed by atoms with van der Waals surface area (Å²) in [6, 6.07) is 10.1. The van der Waals surface area contributed by atoms with E-state index in [9.17, 15) is 18.0 Å². The van der Waals surface area contributed by atoms with Gasteiger partial charge in [0.2, 0.25) is 0 Å². The Balaban J connectivity index is 1.87. The fourth-order valence-electron chi connectivity index (χ4n) is 1.86. The molecule has 0 radical (unpaired) electrons. The van der Waals surface area contributed by atoms with E-state index in [-0.39, 0.29) is 11.5 Å². The first-order valence-corrected chi connectivity index (χ1v) is 7.68. The van der Waals surface area contributed by atoms with Crippen LogP contribution in [0.3, 0.4) is 0 Å². The van der Waals surface area contributed by atoms with Crippen molar-refractivity contribution in [2.45, 2.75) is 25.9 Å². The largest absolute Gasteiger partial charge is 0.519 e. The average Bonchev–Trinajstić information content (AvgIpc) is 2.56. The minimum absolute atomic E-state index is 0.0440. The molecule has 0 aliphatic heterocycles. The van der Waals surface area contributed by atoms with Crippen LogP contribution in [0.25, 0.3) is 0 Å². The van der Waals surface area contributed by atoms with Gasteiger partial charge in [0.15, 0.2) is 0 Å². The van der Waals surface area contributed by atoms with Crippen LogP contribution in [0, 0.1) is 0 Å². The van der Waals surface area contributed by atoms with Crippen molar-refractivity contribution in [1.29, 1.82) is 0 Å². The number of carbonyl (C=O) groups excluding carboxylic acids is 1. The number of rotatable bonds is 6. The molecule has 0 atom stereocenters. The van der Waals surface area contributed by atoms with Gasteiger partial charge in [0.05, 0.1) is 12.2 Å². The molecule has 2 aromatic rings. The van der Waals surface area contributed by atoms with Gasteiger partial charge in [-0.05, 0) is 55.0 Å². The quantitative estimate of drug-likeness (QED) is 0.392. The Morgan fingerprint density at radius 3 is 1.84 bits per heavy atom. The summed E-state index contributed by atoms with van der Waals surface area (Å²) in [4.78, 5) is 11.7. The third kappa shape index (κ3) is 6.02. The highest BCUT2D eigenvalue weighted by Crippen LogP contribution is 2.30. The normalized spacial score (nSPS) is 11.0. The standard InChI is InChI=1S/C18H17F3O4/c1-2-3-12-23-14-8-10-16(11-9-14)25-17(22)24-15-6-4-13(5-7-15)18(19,20)21/h4-11H,2-3,12H2,1H3. The molecule has 0 heterocycles. The Morgan fingerprint density at radius 2 is 1.36 bits per heavy atom. The van der Waals surface area contributed by atoms with Crippen molar-refractivity contribution in [1.82, 2.24) is 0 Å². The van der Waals surface area contributed by atoms with Crippen molar-refractivity contribution in [2.24, 2.45) is 0 Å². The molecule has 0 amide bonds. The van der Waals surface area contributed by atoms with Gasteiger partial charge < -0.3 is 14.2 Å². The maximum absolute atomic E-state index is 12.5. The molecule has 0 bridgehead atoms. The molecule has 25 heavy (non-hydrogen) atoms. The molecule has 0 spiro atoms. The maximum Gasteiger partial charge on any atom is 0.519 e. The van der Waals surface area contributed by atoms with Gasteiger partial charge in [0, 0.05) is 0 Å². The predicted molar refractivity (Wildman–Crippen MR) is 84.9 cm³/mol. The topological polar surface area (TPSA) is 44.8 Å². The van der Waals surface area contributed by atoms with Crippen molar-refractivity contribution >= 4 is 6.16 Å². The fourth-order valence-corrected chi connectivity index (χ4v) is 1.86. The number of unbranched alkanes of at least 4 members (excludes halogenated alkanes) is 1. The van der Waals surface area contributed by atoms with E-state index < -0.39 is 17.9 Å². The van der Waals surface area contributed by atoms with Crippen molar-refractivity contribution in [3.63, 3.8) is 0 Å². The molecule has 0 saturated heterocycles. The molecule has 2 rings (SSSR count). The summed E-state index contributed by atoms with van der Waals surface area (Å²) in [5, 5.41) is 0. The van der Waals surface area contributed by atoms with Gasteiger partial charge in [-0.15, -0.1) is 0 Å². The third-order valence-corrected chi connectivity index (χ3v) is 3.17. The van der Waals surface area contributed by atoms with E-state index in [2.05, 4.69) is 6.92 Å². The minimum Gasteiger partial charge on any atom is -0.494 e. The Labute approximate surface area is 143 Å². The molecule has 0 fully saturated rings. The fraction of sp³-hybridized carbons (Fsp3) is 0.278. The van der Waals surface area contributed by atoms with Crippen LogP contribution in [-0.2, 0) is 6.18 Å². The summed E-state index contributed by atoms with van der Waals surface area (Å²) < 4.78 is 52.6. The number of carbonyl (C=O) groups is 1. The van der Waals surface area contributed by atoms with Gasteiger partial charge >= 0.3 is 12.3 Å². The van der Waals surface area contributed by atoms with E-state index in [1.165, 1.54) is 12.1 Å². The zero-order valence-electron chi connectivity index (χ0n) is 13.5. The predicted octanol–water partition coefficient (Wildman–Crippen LogP) is 5.46. The Kier molecular flexibility index (Phi) is 6.27. The van der Waals surface area contributed by atoms with Crippen LogP contribution in [0.15, 0.2) is 48.5 Å². The molecule has 2 aromatic carbocycles. The minimum atomic E-state index is -4.44. The molecule has 0 aliphatic rings. The summed E-state index contributed by atoms with van der Waals surface area (Å²) in [5.41, 5.74) is -0.827. The van der Waals surface area contributed by atoms with Crippen molar-refractivity contribution in [3.8, 4) is 17.2 Å². The average molecular weight is 354 g/mol. The van der Waals surface area contributed by atoms with Crippen LogP contribution in [0.2, 0.25) is 0 Å². The van der Waals surface area contributed by atoms with Crippen molar-refractivity contribution in [2.75, 3.05) is 6.61 Å². The molecular formula is C18H17F3O4. The molecule has 4 nitrogen and oxygen atoms in total. The van der Waals surface area contributed by atoms with Gasteiger partial charge in [0.1, 0.15) is 17.2 Å². The van der Waals surface area contributed by atoms with Crippen LogP contribution in [-0.4, -0.2) is 12.8 Å². The lowest BCUT2D eigenvalue weighted by atomic mass is 10.2. The van der Waals surface area contributed by atoms with Crippen LogP contribution in [0.5, 0.6) is 17.2 Å². The van der Waals surface area contributed by atoms with E-state index in [0.717, 1.165) is 37.1 Å². The number of alkyl halides is 3. The van der Waals surface area contributed by atoms with Gasteiger partial charge in [-0.25, -0.2) is 4.79 Å². The maximum atomic E-state index is 12.5. The first-order valence-electron chi connectivity index (χ1n) is 7.68. The van der Waals surface area contributed by atoms with Crippen molar-refractivity contribution in [3.05, 3.63) is 54.1 Å². The first kappa shape index (κ1) is 18.6. The van der Waals surface area contributed by atoms with E-state index in [1.54, 1.807) is 12.1 Å². The lowest BCUT2D eigenvalue weighted by Gasteiger charge is -2.09. The number of hydrogen-bond donors (Lipinski definition) is 0. The molecule has 0 saturated carbocycles. The summed E-state index contributed by atoms with van der Waals surface area (Å²) in [5.74, 6) is 0.842. The van der Waals surface area contributed by atoms with E-state index >= 15 is 0 Å².